The van der Waals surface area contributed by atoms with E-state index in [4.69, 9.17) is 4.74 Å². The number of nitrogens with one attached hydrogen (secondary N) is 2. The van der Waals surface area contributed by atoms with Gasteiger partial charge in [-0.3, -0.25) is 4.90 Å². The van der Waals surface area contributed by atoms with Crippen molar-refractivity contribution in [1.29, 1.82) is 0 Å². The fourth-order valence-corrected chi connectivity index (χ4v) is 6.78. The van der Waals surface area contributed by atoms with E-state index in [0.717, 1.165) is 75.1 Å². The van der Waals surface area contributed by atoms with Gasteiger partial charge in [0.1, 0.15) is 5.82 Å². The maximum atomic E-state index is 13.9. The lowest BCUT2D eigenvalue weighted by Crippen LogP contribution is -2.49. The summed E-state index contributed by atoms with van der Waals surface area (Å²) < 4.78 is 19.3. The molecule has 4 saturated carbocycles. The first-order valence-corrected chi connectivity index (χ1v) is 11.2. The van der Waals surface area contributed by atoms with Crippen LogP contribution in [0.15, 0.2) is 18.2 Å². The van der Waals surface area contributed by atoms with Crippen LogP contribution in [0.5, 0.6) is 0 Å². The number of hydrogen-bond donors (Lipinski definition) is 2. The van der Waals surface area contributed by atoms with Crippen molar-refractivity contribution < 1.29 is 9.13 Å². The van der Waals surface area contributed by atoms with E-state index >= 15 is 0 Å². The van der Waals surface area contributed by atoms with Crippen LogP contribution >= 0.6 is 0 Å². The van der Waals surface area contributed by atoms with E-state index in [9.17, 15) is 4.39 Å². The molecule has 4 nitrogen and oxygen atoms in total. The van der Waals surface area contributed by atoms with Gasteiger partial charge in [0.05, 0.1) is 24.6 Å². The van der Waals surface area contributed by atoms with Crippen LogP contribution in [-0.2, 0) is 4.74 Å². The molecule has 0 radical (unpaired) electrons. The summed E-state index contributed by atoms with van der Waals surface area (Å²) in [6.45, 7) is 6.45. The Bertz CT molecular complexity index is 653. The highest BCUT2D eigenvalue weighted by atomic mass is 19.1. The van der Waals surface area contributed by atoms with Crippen LogP contribution in [0.1, 0.15) is 38.5 Å². The minimum atomic E-state index is -0.172. The number of benzene rings is 1. The normalized spacial score (nSPS) is 34.5. The van der Waals surface area contributed by atoms with Gasteiger partial charge in [0.15, 0.2) is 0 Å². The number of halogens is 1. The highest BCUT2D eigenvalue weighted by Gasteiger charge is 2.50. The van der Waals surface area contributed by atoms with Gasteiger partial charge in [-0.1, -0.05) is 0 Å². The first-order chi connectivity index (χ1) is 13.7. The van der Waals surface area contributed by atoms with Crippen molar-refractivity contribution in [2.75, 3.05) is 56.6 Å². The first-order valence-electron chi connectivity index (χ1n) is 11.2. The van der Waals surface area contributed by atoms with Crippen molar-refractivity contribution >= 4 is 11.4 Å². The second-order valence-corrected chi connectivity index (χ2v) is 9.84. The molecule has 1 aliphatic heterocycles. The van der Waals surface area contributed by atoms with Gasteiger partial charge in [-0.2, -0.15) is 0 Å². The smallest absolute Gasteiger partial charge is 0.125 e. The van der Waals surface area contributed by atoms with E-state index in [0.29, 0.717) is 5.41 Å². The monoisotopic (exact) mass is 387 g/mol. The third-order valence-electron chi connectivity index (χ3n) is 7.65. The van der Waals surface area contributed by atoms with Gasteiger partial charge in [0.25, 0.3) is 0 Å². The molecule has 28 heavy (non-hydrogen) atoms. The van der Waals surface area contributed by atoms with Crippen LogP contribution in [0, 0.1) is 29.0 Å². The van der Waals surface area contributed by atoms with Crippen LogP contribution in [0.4, 0.5) is 15.8 Å². The summed E-state index contributed by atoms with van der Waals surface area (Å²) in [5, 5.41) is 7.20. The highest BCUT2D eigenvalue weighted by molar-refractivity contribution is 5.68. The zero-order valence-electron chi connectivity index (χ0n) is 16.9. The second kappa shape index (κ2) is 7.83. The summed E-state index contributed by atoms with van der Waals surface area (Å²) in [4.78, 5) is 2.40. The second-order valence-electron chi connectivity index (χ2n) is 9.84. The van der Waals surface area contributed by atoms with Crippen molar-refractivity contribution in [2.24, 2.45) is 23.2 Å². The molecule has 0 atom stereocenters. The number of nitrogens with zero attached hydrogens (tertiary/aromatic N) is 1. The topological polar surface area (TPSA) is 36.5 Å². The summed E-state index contributed by atoms with van der Waals surface area (Å²) in [5.41, 5.74) is 2.44. The highest BCUT2D eigenvalue weighted by Crippen LogP contribution is 2.60. The van der Waals surface area contributed by atoms with Gasteiger partial charge in [-0.15, -0.1) is 0 Å². The Balaban J connectivity index is 1.20. The van der Waals surface area contributed by atoms with Crippen LogP contribution in [-0.4, -0.2) is 50.8 Å². The number of anilines is 2. The Labute approximate surface area is 168 Å². The average molecular weight is 388 g/mol. The molecule has 5 fully saturated rings. The molecule has 4 bridgehead atoms. The van der Waals surface area contributed by atoms with Gasteiger partial charge >= 0.3 is 0 Å². The van der Waals surface area contributed by atoms with Gasteiger partial charge in [0.2, 0.25) is 0 Å². The molecule has 1 heterocycles. The summed E-state index contributed by atoms with van der Waals surface area (Å²) in [6.07, 6.45) is 8.62. The molecule has 0 unspecified atom stereocenters. The zero-order valence-corrected chi connectivity index (χ0v) is 16.9. The lowest BCUT2D eigenvalue weighted by atomic mass is 9.49. The Morgan fingerprint density at radius 3 is 2.32 bits per heavy atom. The maximum Gasteiger partial charge on any atom is 0.125 e. The third kappa shape index (κ3) is 4.02. The largest absolute Gasteiger partial charge is 0.383 e. The molecule has 1 aromatic carbocycles. The minimum Gasteiger partial charge on any atom is -0.383 e. The summed E-state index contributed by atoms with van der Waals surface area (Å²) in [7, 11) is 0. The van der Waals surface area contributed by atoms with Crippen LogP contribution < -0.4 is 10.6 Å². The molecule has 1 aromatic rings. The van der Waals surface area contributed by atoms with Crippen LogP contribution in [0.25, 0.3) is 0 Å². The van der Waals surface area contributed by atoms with Crippen molar-refractivity contribution in [3.63, 3.8) is 0 Å². The van der Waals surface area contributed by atoms with Crippen molar-refractivity contribution in [3.05, 3.63) is 24.0 Å². The first kappa shape index (κ1) is 18.7. The fourth-order valence-electron chi connectivity index (χ4n) is 6.78. The van der Waals surface area contributed by atoms with E-state index in [-0.39, 0.29) is 5.82 Å². The number of morpholine rings is 1. The Morgan fingerprint density at radius 1 is 0.964 bits per heavy atom. The number of rotatable bonds is 7. The van der Waals surface area contributed by atoms with E-state index in [2.05, 4.69) is 15.5 Å². The summed E-state index contributed by atoms with van der Waals surface area (Å²) >= 11 is 0. The Kier molecular flexibility index (Phi) is 5.22. The lowest BCUT2D eigenvalue weighted by Gasteiger charge is -2.57. The Hall–Kier alpha value is -1.33. The molecule has 6 rings (SSSR count). The van der Waals surface area contributed by atoms with E-state index in [1.54, 1.807) is 12.1 Å². The van der Waals surface area contributed by atoms with Crippen molar-refractivity contribution in [2.45, 2.75) is 38.5 Å². The quantitative estimate of drug-likeness (QED) is 0.735. The molecule has 0 aromatic heterocycles. The minimum absolute atomic E-state index is 0.172. The molecule has 0 amide bonds. The number of ether oxygens (including phenoxy) is 1. The van der Waals surface area contributed by atoms with Crippen molar-refractivity contribution in [3.8, 4) is 0 Å². The van der Waals surface area contributed by atoms with Crippen LogP contribution in [0.3, 0.4) is 0 Å². The van der Waals surface area contributed by atoms with Gasteiger partial charge in [0, 0.05) is 32.7 Å². The zero-order chi connectivity index (χ0) is 19.0. The van der Waals surface area contributed by atoms with Gasteiger partial charge in [-0.05, 0) is 79.9 Å². The Morgan fingerprint density at radius 2 is 1.64 bits per heavy atom. The third-order valence-corrected chi connectivity index (χ3v) is 7.65. The summed E-state index contributed by atoms with van der Waals surface area (Å²) in [5.74, 6) is 2.72. The molecule has 154 valence electrons. The fraction of sp³-hybridized carbons (Fsp3) is 0.739. The SMILES string of the molecule is Fc1ccc(NCC23CC4CC(CC(C4)C2)C3)c(NCCN2CCOCC2)c1. The molecule has 5 aliphatic rings. The van der Waals surface area contributed by atoms with Crippen LogP contribution in [0.2, 0.25) is 0 Å². The predicted octanol–water partition coefficient (Wildman–Crippen LogP) is 4.20. The standard InChI is InChI=1S/C23H34FN3O/c24-20-1-2-21(22(12-20)25-3-4-27-5-7-28-8-6-27)26-16-23-13-17-9-18(14-23)11-19(10-17)15-23/h1-2,12,17-19,25-26H,3-11,13-16H2. The molecule has 4 aliphatic carbocycles. The molecule has 1 saturated heterocycles. The van der Waals surface area contributed by atoms with E-state index in [1.165, 1.54) is 38.5 Å². The predicted molar refractivity (Wildman–Crippen MR) is 111 cm³/mol. The molecular weight excluding hydrogens is 353 g/mol. The van der Waals surface area contributed by atoms with E-state index in [1.807, 2.05) is 6.07 Å². The molecule has 5 heteroatoms. The molecule has 0 spiro atoms. The lowest BCUT2D eigenvalue weighted by molar-refractivity contribution is -0.0444. The van der Waals surface area contributed by atoms with Gasteiger partial charge < -0.3 is 15.4 Å². The maximum absolute atomic E-state index is 13.9. The summed E-state index contributed by atoms with van der Waals surface area (Å²) in [6, 6.07) is 5.13. The molecular formula is C23H34FN3O. The number of hydrogen-bond acceptors (Lipinski definition) is 4. The average Bonchev–Trinajstić information content (AvgIpc) is 2.67. The molecule has 2 N–H and O–H groups in total. The van der Waals surface area contributed by atoms with Gasteiger partial charge in [-0.25, -0.2) is 4.39 Å². The van der Waals surface area contributed by atoms with E-state index < -0.39 is 0 Å². The van der Waals surface area contributed by atoms with Crippen molar-refractivity contribution in [1.82, 2.24) is 4.90 Å².